The van der Waals surface area contributed by atoms with E-state index in [9.17, 15) is 13.6 Å². The van der Waals surface area contributed by atoms with Gasteiger partial charge in [-0.05, 0) is 36.2 Å². The molecule has 6 nitrogen and oxygen atoms in total. The Morgan fingerprint density at radius 3 is 2.79 bits per heavy atom. The minimum Gasteiger partial charge on any atom is -0.346 e. The molecule has 4 rings (SSSR count). The Balaban J connectivity index is 1.45. The zero-order chi connectivity index (χ0) is 20.2. The number of rotatable bonds is 5. The number of carbonyl (C=O) groups excluding carboxylic acids is 1. The molecular formula is C21H21F2N5O. The van der Waals surface area contributed by atoms with E-state index in [0.717, 1.165) is 18.2 Å². The van der Waals surface area contributed by atoms with Gasteiger partial charge in [-0.15, -0.1) is 5.10 Å². The first-order valence-corrected chi connectivity index (χ1v) is 9.51. The Morgan fingerprint density at radius 2 is 2.00 bits per heavy atom. The van der Waals surface area contributed by atoms with Gasteiger partial charge >= 0.3 is 0 Å². The Labute approximate surface area is 166 Å². The fraction of sp³-hybridized carbons (Fsp3) is 0.286. The number of hydrogen-bond donors (Lipinski definition) is 2. The first-order valence-electron chi connectivity index (χ1n) is 9.51. The molecule has 2 atom stereocenters. The zero-order valence-corrected chi connectivity index (χ0v) is 15.7. The quantitative estimate of drug-likeness (QED) is 0.694. The fourth-order valence-corrected chi connectivity index (χ4v) is 3.64. The Morgan fingerprint density at radius 1 is 1.17 bits per heavy atom. The third-order valence-electron chi connectivity index (χ3n) is 5.13. The lowest BCUT2D eigenvalue weighted by Crippen LogP contribution is -2.50. The molecule has 1 fully saturated rings. The van der Waals surface area contributed by atoms with Crippen LogP contribution in [-0.2, 0) is 6.54 Å². The van der Waals surface area contributed by atoms with Crippen molar-refractivity contribution in [3.8, 4) is 0 Å². The van der Waals surface area contributed by atoms with E-state index in [4.69, 9.17) is 0 Å². The van der Waals surface area contributed by atoms with E-state index in [1.54, 1.807) is 16.9 Å². The van der Waals surface area contributed by atoms with E-state index < -0.39 is 11.6 Å². The standard InChI is InChI=1S/C21H21F2N5O/c22-17-7-6-15(10-18(17)23)16-8-9-24-11-19(16)25-21(29)20-13-28(27-26-20)12-14-4-2-1-3-5-14/h1-7,10,13,16,19,24H,8-9,11-12H2,(H,25,29). The number of halogens is 2. The molecule has 0 spiro atoms. The van der Waals surface area contributed by atoms with Gasteiger partial charge in [0.05, 0.1) is 12.7 Å². The van der Waals surface area contributed by atoms with Gasteiger partial charge in [0.2, 0.25) is 0 Å². The molecule has 1 aromatic heterocycles. The van der Waals surface area contributed by atoms with Crippen molar-refractivity contribution in [3.63, 3.8) is 0 Å². The van der Waals surface area contributed by atoms with Gasteiger partial charge < -0.3 is 10.6 Å². The molecule has 2 heterocycles. The normalized spacial score (nSPS) is 19.1. The molecule has 3 aromatic rings. The second kappa shape index (κ2) is 8.48. The molecule has 0 radical (unpaired) electrons. The monoisotopic (exact) mass is 397 g/mol. The first kappa shape index (κ1) is 19.2. The molecule has 0 saturated carbocycles. The third-order valence-corrected chi connectivity index (χ3v) is 5.13. The Kier molecular flexibility index (Phi) is 5.62. The number of piperidine rings is 1. The van der Waals surface area contributed by atoms with E-state index in [2.05, 4.69) is 20.9 Å². The molecular weight excluding hydrogens is 376 g/mol. The van der Waals surface area contributed by atoms with E-state index >= 15 is 0 Å². The van der Waals surface area contributed by atoms with E-state index in [1.165, 1.54) is 6.07 Å². The highest BCUT2D eigenvalue weighted by Crippen LogP contribution is 2.27. The van der Waals surface area contributed by atoms with Crippen LogP contribution in [0.4, 0.5) is 8.78 Å². The summed E-state index contributed by atoms with van der Waals surface area (Å²) in [6.45, 7) is 1.79. The van der Waals surface area contributed by atoms with E-state index in [0.29, 0.717) is 25.1 Å². The maximum absolute atomic E-state index is 13.7. The average Bonchev–Trinajstić information content (AvgIpc) is 3.20. The van der Waals surface area contributed by atoms with Crippen molar-refractivity contribution in [1.29, 1.82) is 0 Å². The number of hydrogen-bond acceptors (Lipinski definition) is 4. The van der Waals surface area contributed by atoms with Crippen LogP contribution in [0.25, 0.3) is 0 Å². The second-order valence-corrected chi connectivity index (χ2v) is 7.14. The first-order chi connectivity index (χ1) is 14.1. The Hall–Kier alpha value is -3.13. The van der Waals surface area contributed by atoms with Crippen molar-refractivity contribution in [2.75, 3.05) is 13.1 Å². The molecule has 1 aliphatic rings. The van der Waals surface area contributed by atoms with Crippen LogP contribution in [-0.4, -0.2) is 40.0 Å². The van der Waals surface area contributed by atoms with Crippen LogP contribution in [0.15, 0.2) is 54.7 Å². The third kappa shape index (κ3) is 4.48. The van der Waals surface area contributed by atoms with Gasteiger partial charge in [-0.25, -0.2) is 13.5 Å². The van der Waals surface area contributed by atoms with Crippen molar-refractivity contribution in [2.24, 2.45) is 0 Å². The molecule has 2 aromatic carbocycles. The average molecular weight is 397 g/mol. The summed E-state index contributed by atoms with van der Waals surface area (Å²) >= 11 is 0. The van der Waals surface area contributed by atoms with Gasteiger partial charge in [-0.1, -0.05) is 41.6 Å². The number of amides is 1. The van der Waals surface area contributed by atoms with Crippen molar-refractivity contribution >= 4 is 5.91 Å². The molecule has 1 saturated heterocycles. The minimum absolute atomic E-state index is 0.116. The van der Waals surface area contributed by atoms with Crippen LogP contribution in [0.2, 0.25) is 0 Å². The molecule has 1 aliphatic heterocycles. The lowest BCUT2D eigenvalue weighted by Gasteiger charge is -2.33. The largest absolute Gasteiger partial charge is 0.346 e. The summed E-state index contributed by atoms with van der Waals surface area (Å²) in [5.74, 6) is -2.21. The fourth-order valence-electron chi connectivity index (χ4n) is 3.64. The van der Waals surface area contributed by atoms with Crippen LogP contribution < -0.4 is 10.6 Å². The molecule has 0 bridgehead atoms. The topological polar surface area (TPSA) is 71.8 Å². The molecule has 29 heavy (non-hydrogen) atoms. The molecule has 1 amide bonds. The van der Waals surface area contributed by atoms with E-state index in [-0.39, 0.29) is 23.6 Å². The lowest BCUT2D eigenvalue weighted by molar-refractivity contribution is 0.0919. The second-order valence-electron chi connectivity index (χ2n) is 7.14. The highest BCUT2D eigenvalue weighted by atomic mass is 19.2. The highest BCUT2D eigenvalue weighted by molar-refractivity contribution is 5.92. The predicted octanol–water partition coefficient (Wildman–Crippen LogP) is 2.48. The molecule has 150 valence electrons. The summed E-state index contributed by atoms with van der Waals surface area (Å²) < 4.78 is 28.6. The summed E-state index contributed by atoms with van der Waals surface area (Å²) in [7, 11) is 0. The summed E-state index contributed by atoms with van der Waals surface area (Å²) in [5, 5.41) is 14.2. The van der Waals surface area contributed by atoms with Crippen LogP contribution in [0.3, 0.4) is 0 Å². The van der Waals surface area contributed by atoms with Gasteiger partial charge in [-0.2, -0.15) is 0 Å². The van der Waals surface area contributed by atoms with Crippen molar-refractivity contribution < 1.29 is 13.6 Å². The molecule has 0 aliphatic carbocycles. The summed E-state index contributed by atoms with van der Waals surface area (Å²) in [6.07, 6.45) is 2.31. The van der Waals surface area contributed by atoms with Gasteiger partial charge in [0.1, 0.15) is 0 Å². The van der Waals surface area contributed by atoms with Crippen LogP contribution >= 0.6 is 0 Å². The van der Waals surface area contributed by atoms with Crippen LogP contribution in [0, 0.1) is 11.6 Å². The highest BCUT2D eigenvalue weighted by Gasteiger charge is 2.29. The number of aromatic nitrogens is 3. The van der Waals surface area contributed by atoms with Gasteiger partial charge in [0.25, 0.3) is 5.91 Å². The zero-order valence-electron chi connectivity index (χ0n) is 15.7. The molecule has 2 unspecified atom stereocenters. The maximum Gasteiger partial charge on any atom is 0.273 e. The van der Waals surface area contributed by atoms with Crippen LogP contribution in [0.1, 0.15) is 34.0 Å². The summed E-state index contributed by atoms with van der Waals surface area (Å²) in [6, 6.07) is 13.4. The van der Waals surface area contributed by atoms with Gasteiger partial charge in [-0.3, -0.25) is 4.79 Å². The van der Waals surface area contributed by atoms with Crippen molar-refractivity contribution in [2.45, 2.75) is 24.9 Å². The van der Waals surface area contributed by atoms with Crippen molar-refractivity contribution in [1.82, 2.24) is 25.6 Å². The SMILES string of the molecule is O=C(NC1CNCCC1c1ccc(F)c(F)c1)c1cn(Cc2ccccc2)nn1. The summed E-state index contributed by atoms with van der Waals surface area (Å²) in [5.41, 5.74) is 1.94. The lowest BCUT2D eigenvalue weighted by atomic mass is 9.86. The smallest absolute Gasteiger partial charge is 0.273 e. The number of nitrogens with one attached hydrogen (secondary N) is 2. The predicted molar refractivity (Wildman–Crippen MR) is 103 cm³/mol. The van der Waals surface area contributed by atoms with Gasteiger partial charge in [0.15, 0.2) is 17.3 Å². The minimum atomic E-state index is -0.880. The summed E-state index contributed by atoms with van der Waals surface area (Å²) in [4.78, 5) is 12.7. The Bertz CT molecular complexity index is 992. The number of nitrogens with zero attached hydrogens (tertiary/aromatic N) is 3. The molecule has 8 heteroatoms. The van der Waals surface area contributed by atoms with Crippen LogP contribution in [0.5, 0.6) is 0 Å². The van der Waals surface area contributed by atoms with Gasteiger partial charge in [0, 0.05) is 18.5 Å². The number of benzene rings is 2. The molecule has 2 N–H and O–H groups in total. The van der Waals surface area contributed by atoms with Crippen molar-refractivity contribution in [3.05, 3.63) is 83.2 Å². The number of carbonyl (C=O) groups is 1. The maximum atomic E-state index is 13.7. The van der Waals surface area contributed by atoms with E-state index in [1.807, 2.05) is 30.3 Å².